The summed E-state index contributed by atoms with van der Waals surface area (Å²) in [6.45, 7) is 5.33. The van der Waals surface area contributed by atoms with Gasteiger partial charge in [-0.3, -0.25) is 10.1 Å². The van der Waals surface area contributed by atoms with Gasteiger partial charge in [0.05, 0.1) is 17.9 Å². The van der Waals surface area contributed by atoms with Gasteiger partial charge in [0.25, 0.3) is 0 Å². The molecule has 2 aliphatic rings. The largest absolute Gasteiger partial charge is 0.493 e. The van der Waals surface area contributed by atoms with E-state index in [0.29, 0.717) is 38.3 Å². The molecule has 0 radical (unpaired) electrons. The molecule has 1 saturated carbocycles. The van der Waals surface area contributed by atoms with Crippen LogP contribution in [-0.4, -0.2) is 50.7 Å². The molecule has 2 fully saturated rings. The third-order valence-electron chi connectivity index (χ3n) is 5.28. The first-order valence-corrected chi connectivity index (χ1v) is 12.2. The third kappa shape index (κ3) is 6.18. The maximum absolute atomic E-state index is 12.6. The maximum atomic E-state index is 12.6. The van der Waals surface area contributed by atoms with Gasteiger partial charge in [-0.2, -0.15) is 0 Å². The predicted molar refractivity (Wildman–Crippen MR) is 114 cm³/mol. The van der Waals surface area contributed by atoms with E-state index in [1.165, 1.54) is 4.90 Å². The molecule has 1 aromatic carbocycles. The fraction of sp³-hybridized carbons (Fsp3) is 0.619. The summed E-state index contributed by atoms with van der Waals surface area (Å²) in [4.78, 5) is 24.1. The van der Waals surface area contributed by atoms with Crippen LogP contribution in [0.1, 0.15) is 51.5 Å². The van der Waals surface area contributed by atoms with Crippen molar-refractivity contribution in [3.8, 4) is 5.75 Å². The van der Waals surface area contributed by atoms with Crippen LogP contribution in [0.15, 0.2) is 24.3 Å². The van der Waals surface area contributed by atoms with Gasteiger partial charge in [-0.15, -0.1) is 0 Å². The highest BCUT2D eigenvalue weighted by Gasteiger charge is 2.47. The summed E-state index contributed by atoms with van der Waals surface area (Å²) in [5.74, 6) is 0.933. The number of nitrogens with zero attached hydrogens (tertiary/aromatic N) is 1. The zero-order valence-corrected chi connectivity index (χ0v) is 18.5. The number of amides is 3. The van der Waals surface area contributed by atoms with Crippen LogP contribution in [-0.2, 0) is 20.4 Å². The summed E-state index contributed by atoms with van der Waals surface area (Å²) in [5.41, 5.74) is 0.418. The lowest BCUT2D eigenvalue weighted by Crippen LogP contribution is -2.36. The van der Waals surface area contributed by atoms with Gasteiger partial charge in [0.2, 0.25) is 15.9 Å². The molecule has 8 nitrogen and oxygen atoms in total. The Morgan fingerprint density at radius 3 is 2.60 bits per heavy atom. The predicted octanol–water partition coefficient (Wildman–Crippen LogP) is 2.35. The molecule has 1 aliphatic heterocycles. The van der Waals surface area contributed by atoms with Gasteiger partial charge in [0.1, 0.15) is 12.3 Å². The first-order valence-electron chi connectivity index (χ1n) is 10.5. The average molecular weight is 438 g/mol. The summed E-state index contributed by atoms with van der Waals surface area (Å²) in [7, 11) is -3.42. The van der Waals surface area contributed by atoms with Crippen LogP contribution in [0.2, 0.25) is 0 Å². The minimum absolute atomic E-state index is 0.0451. The molecule has 1 saturated heterocycles. The normalized spacial score (nSPS) is 18.0. The van der Waals surface area contributed by atoms with Crippen molar-refractivity contribution in [1.82, 2.24) is 14.9 Å². The Morgan fingerprint density at radius 1 is 1.20 bits per heavy atom. The zero-order valence-electron chi connectivity index (χ0n) is 17.6. The summed E-state index contributed by atoms with van der Waals surface area (Å²) < 4.78 is 33.9. The lowest BCUT2D eigenvalue weighted by molar-refractivity contribution is -0.118. The molecule has 0 bridgehead atoms. The average Bonchev–Trinajstić information content (AvgIpc) is 3.37. The minimum Gasteiger partial charge on any atom is -0.493 e. The standard InChI is InChI=1S/C21H31N3O5S/c1-16(2)15-29-18-8-6-7-17(13-18)21(9-10-21)23-30(27,28)12-5-3-4-11-24-14-19(25)22-20(24)26/h6-8,13,16,23H,3-5,9-12,14-15H2,1-2H3,(H,22,25,26). The number of hydrogen-bond acceptors (Lipinski definition) is 5. The van der Waals surface area contributed by atoms with E-state index in [1.54, 1.807) is 0 Å². The van der Waals surface area contributed by atoms with Crippen molar-refractivity contribution in [2.24, 2.45) is 5.92 Å². The number of carbonyl (C=O) groups excluding carboxylic acids is 2. The lowest BCUT2D eigenvalue weighted by Gasteiger charge is -2.19. The first kappa shape index (κ1) is 22.6. The number of unbranched alkanes of at least 4 members (excludes halogenated alkanes) is 2. The van der Waals surface area contributed by atoms with Crippen molar-refractivity contribution in [3.05, 3.63) is 29.8 Å². The van der Waals surface area contributed by atoms with E-state index >= 15 is 0 Å². The molecule has 2 N–H and O–H groups in total. The second-order valence-electron chi connectivity index (χ2n) is 8.57. The molecular formula is C21H31N3O5S. The number of urea groups is 1. The van der Waals surface area contributed by atoms with E-state index in [-0.39, 0.29) is 24.2 Å². The van der Waals surface area contributed by atoms with Gasteiger partial charge in [0.15, 0.2) is 0 Å². The van der Waals surface area contributed by atoms with E-state index in [9.17, 15) is 18.0 Å². The molecule has 1 aromatic rings. The van der Waals surface area contributed by atoms with Gasteiger partial charge in [-0.1, -0.05) is 32.4 Å². The van der Waals surface area contributed by atoms with E-state index in [4.69, 9.17) is 4.74 Å². The van der Waals surface area contributed by atoms with Crippen LogP contribution in [0.3, 0.4) is 0 Å². The highest BCUT2D eigenvalue weighted by atomic mass is 32.2. The number of hydrogen-bond donors (Lipinski definition) is 2. The summed E-state index contributed by atoms with van der Waals surface area (Å²) in [5, 5.41) is 2.23. The molecule has 0 atom stereocenters. The number of sulfonamides is 1. The van der Waals surface area contributed by atoms with Crippen LogP contribution in [0, 0.1) is 5.92 Å². The molecule has 3 amide bonds. The van der Waals surface area contributed by atoms with Crippen LogP contribution in [0.25, 0.3) is 0 Å². The quantitative estimate of drug-likeness (QED) is 0.386. The monoisotopic (exact) mass is 437 g/mol. The van der Waals surface area contributed by atoms with E-state index in [1.807, 2.05) is 24.3 Å². The molecule has 0 unspecified atom stereocenters. The van der Waals surface area contributed by atoms with E-state index in [0.717, 1.165) is 24.2 Å². The molecule has 1 heterocycles. The van der Waals surface area contributed by atoms with Crippen molar-refractivity contribution in [2.45, 2.75) is 51.5 Å². The number of imide groups is 1. The zero-order chi connectivity index (χ0) is 21.8. The van der Waals surface area contributed by atoms with Crippen LogP contribution >= 0.6 is 0 Å². The number of nitrogens with one attached hydrogen (secondary N) is 2. The summed E-state index contributed by atoms with van der Waals surface area (Å²) >= 11 is 0. The van der Waals surface area contributed by atoms with Gasteiger partial charge in [-0.05, 0) is 49.3 Å². The second-order valence-corrected chi connectivity index (χ2v) is 10.4. The van der Waals surface area contributed by atoms with Gasteiger partial charge < -0.3 is 9.64 Å². The third-order valence-corrected chi connectivity index (χ3v) is 6.81. The molecule has 3 rings (SSSR count). The SMILES string of the molecule is CC(C)COc1cccc(C2(NS(=O)(=O)CCCCCN3CC(=O)NC3=O)CC2)c1. The smallest absolute Gasteiger partial charge is 0.324 e. The Kier molecular flexibility index (Phi) is 7.02. The number of benzene rings is 1. The lowest BCUT2D eigenvalue weighted by atomic mass is 10.1. The number of rotatable bonds is 12. The number of ether oxygens (including phenoxy) is 1. The Morgan fingerprint density at radius 2 is 1.97 bits per heavy atom. The van der Waals surface area contributed by atoms with Gasteiger partial charge >= 0.3 is 6.03 Å². The fourth-order valence-electron chi connectivity index (χ4n) is 3.50. The van der Waals surface area contributed by atoms with Crippen molar-refractivity contribution < 1.29 is 22.7 Å². The highest BCUT2D eigenvalue weighted by Crippen LogP contribution is 2.46. The Hall–Kier alpha value is -2.13. The van der Waals surface area contributed by atoms with Crippen molar-refractivity contribution in [3.63, 3.8) is 0 Å². The second kappa shape index (κ2) is 9.34. The molecule has 9 heteroatoms. The fourth-order valence-corrected chi connectivity index (χ4v) is 5.11. The molecule has 166 valence electrons. The summed E-state index contributed by atoms with van der Waals surface area (Å²) in [6.07, 6.45) is 3.39. The Bertz CT molecular complexity index is 880. The van der Waals surface area contributed by atoms with Crippen LogP contribution in [0.5, 0.6) is 5.75 Å². The topological polar surface area (TPSA) is 105 Å². The van der Waals surface area contributed by atoms with Gasteiger partial charge in [-0.25, -0.2) is 17.9 Å². The van der Waals surface area contributed by atoms with Gasteiger partial charge in [0, 0.05) is 6.54 Å². The minimum atomic E-state index is -3.42. The maximum Gasteiger partial charge on any atom is 0.324 e. The number of carbonyl (C=O) groups is 2. The van der Waals surface area contributed by atoms with Crippen molar-refractivity contribution >= 4 is 22.0 Å². The van der Waals surface area contributed by atoms with Crippen LogP contribution < -0.4 is 14.8 Å². The van der Waals surface area contributed by atoms with Crippen molar-refractivity contribution in [1.29, 1.82) is 0 Å². The molecule has 30 heavy (non-hydrogen) atoms. The highest BCUT2D eigenvalue weighted by molar-refractivity contribution is 7.89. The molecular weight excluding hydrogens is 406 g/mol. The Labute approximate surface area is 178 Å². The van der Waals surface area contributed by atoms with Crippen LogP contribution in [0.4, 0.5) is 4.79 Å². The first-order chi connectivity index (χ1) is 14.2. The summed E-state index contributed by atoms with van der Waals surface area (Å²) in [6, 6.07) is 7.30. The van der Waals surface area contributed by atoms with Crippen molar-refractivity contribution in [2.75, 3.05) is 25.4 Å². The molecule has 0 aromatic heterocycles. The molecule has 1 aliphatic carbocycles. The van der Waals surface area contributed by atoms with E-state index in [2.05, 4.69) is 23.9 Å². The van der Waals surface area contributed by atoms with E-state index < -0.39 is 15.6 Å². The molecule has 0 spiro atoms. The Balaban J connectivity index is 1.46.